The molecule has 0 saturated carbocycles. The number of nitrogens with zero attached hydrogens (tertiary/aromatic N) is 2. The number of fused-ring (bicyclic) bond motifs is 6. The maximum absolute atomic E-state index is 11.6. The van der Waals surface area contributed by atoms with Crippen LogP contribution in [0.4, 0.5) is 0 Å². The minimum absolute atomic E-state index is 0.0265. The molecule has 3 heterocycles. The number of ether oxygens (including phenoxy) is 4. The van der Waals surface area contributed by atoms with Gasteiger partial charge in [-0.2, -0.15) is 0 Å². The van der Waals surface area contributed by atoms with Crippen molar-refractivity contribution < 1.29 is 29.2 Å². The molecule has 8 heteroatoms. The maximum Gasteiger partial charge on any atom is 0.201 e. The molecular formula is C37H40N2O6. The molecule has 0 radical (unpaired) electrons. The van der Waals surface area contributed by atoms with Crippen LogP contribution in [0.2, 0.25) is 0 Å². The molecule has 0 aromatic heterocycles. The lowest BCUT2D eigenvalue weighted by atomic mass is 9.86. The summed E-state index contributed by atoms with van der Waals surface area (Å²) in [6, 6.07) is 18.1. The van der Waals surface area contributed by atoms with Gasteiger partial charge in [0, 0.05) is 41.9 Å². The zero-order valence-corrected chi connectivity index (χ0v) is 26.5. The number of benzene rings is 4. The summed E-state index contributed by atoms with van der Waals surface area (Å²) in [4.78, 5) is 4.67. The molecule has 45 heavy (non-hydrogen) atoms. The summed E-state index contributed by atoms with van der Waals surface area (Å²) >= 11 is 0. The predicted molar refractivity (Wildman–Crippen MR) is 173 cm³/mol. The quantitative estimate of drug-likeness (QED) is 0.275. The number of methoxy groups -OCH3 is 3. The van der Waals surface area contributed by atoms with Crippen LogP contribution < -0.4 is 18.9 Å². The van der Waals surface area contributed by atoms with Gasteiger partial charge in [0.05, 0.1) is 21.3 Å². The highest BCUT2D eigenvalue weighted by Crippen LogP contribution is 2.51. The zero-order chi connectivity index (χ0) is 31.4. The second kappa shape index (κ2) is 11.5. The van der Waals surface area contributed by atoms with Gasteiger partial charge in [0.1, 0.15) is 11.5 Å². The van der Waals surface area contributed by atoms with Crippen molar-refractivity contribution in [2.45, 2.75) is 37.8 Å². The Bertz CT molecular complexity index is 1790. The van der Waals surface area contributed by atoms with E-state index in [1.165, 1.54) is 5.56 Å². The average molecular weight is 609 g/mol. The SMILES string of the molecule is COc1cc2c3cc1Oc1c(O)c(OC)cc4c1[C@@H](Cc1ccc(OC)c(c1)-c1cc(ccc1O)C[C@@H]3N(C)CC2)N(C)CC4. The second-order valence-electron chi connectivity index (χ2n) is 12.4. The molecule has 0 amide bonds. The third-order valence-corrected chi connectivity index (χ3v) is 9.90. The molecule has 3 aliphatic heterocycles. The minimum atomic E-state index is -0.0999. The Balaban J connectivity index is 1.52. The number of likely N-dealkylation sites (N-methyl/N-ethyl adjacent to an activating group) is 2. The summed E-state index contributed by atoms with van der Waals surface area (Å²) in [5.74, 6) is 2.85. The molecule has 0 saturated heterocycles. The lowest BCUT2D eigenvalue weighted by Gasteiger charge is -2.37. The topological polar surface area (TPSA) is 83.9 Å². The molecule has 0 spiro atoms. The van der Waals surface area contributed by atoms with Crippen LogP contribution in [0.15, 0.2) is 54.6 Å². The molecule has 8 nitrogen and oxygen atoms in total. The van der Waals surface area contributed by atoms with E-state index in [1.807, 2.05) is 18.2 Å². The fraction of sp³-hybridized carbons (Fsp3) is 0.351. The van der Waals surface area contributed by atoms with E-state index in [2.05, 4.69) is 54.2 Å². The Morgan fingerprint density at radius 3 is 2.04 bits per heavy atom. The molecule has 0 aliphatic carbocycles. The van der Waals surface area contributed by atoms with Gasteiger partial charge < -0.3 is 29.2 Å². The van der Waals surface area contributed by atoms with Crippen LogP contribution in [0, 0.1) is 0 Å². The lowest BCUT2D eigenvalue weighted by Crippen LogP contribution is -2.34. The molecule has 6 bridgehead atoms. The van der Waals surface area contributed by atoms with E-state index in [9.17, 15) is 10.2 Å². The lowest BCUT2D eigenvalue weighted by molar-refractivity contribution is 0.220. The van der Waals surface area contributed by atoms with Crippen LogP contribution in [0.3, 0.4) is 0 Å². The molecule has 0 unspecified atom stereocenters. The van der Waals surface area contributed by atoms with E-state index >= 15 is 0 Å². The van der Waals surface area contributed by atoms with Crippen molar-refractivity contribution in [3.05, 3.63) is 88.0 Å². The van der Waals surface area contributed by atoms with Gasteiger partial charge in [-0.3, -0.25) is 9.80 Å². The largest absolute Gasteiger partial charge is 0.507 e. The summed E-state index contributed by atoms with van der Waals surface area (Å²) in [7, 11) is 9.14. The molecule has 2 N–H and O–H groups in total. The first-order valence-corrected chi connectivity index (χ1v) is 15.5. The normalized spacial score (nSPS) is 19.3. The van der Waals surface area contributed by atoms with Crippen LogP contribution in [-0.4, -0.2) is 68.5 Å². The van der Waals surface area contributed by atoms with Gasteiger partial charge in [-0.15, -0.1) is 0 Å². The minimum Gasteiger partial charge on any atom is -0.507 e. The summed E-state index contributed by atoms with van der Waals surface area (Å²) < 4.78 is 24.1. The van der Waals surface area contributed by atoms with Gasteiger partial charge in [-0.05, 0) is 110 Å². The Kier molecular flexibility index (Phi) is 7.50. The molecule has 234 valence electrons. The second-order valence-corrected chi connectivity index (χ2v) is 12.4. The van der Waals surface area contributed by atoms with Crippen molar-refractivity contribution in [1.82, 2.24) is 9.80 Å². The number of rotatable bonds is 3. The van der Waals surface area contributed by atoms with Crippen LogP contribution in [0.1, 0.15) is 45.5 Å². The molecule has 3 aliphatic rings. The monoisotopic (exact) mass is 608 g/mol. The third-order valence-electron chi connectivity index (χ3n) is 9.90. The third kappa shape index (κ3) is 5.02. The Labute approximate surface area is 264 Å². The van der Waals surface area contributed by atoms with E-state index in [1.54, 1.807) is 27.4 Å². The fourth-order valence-corrected chi connectivity index (χ4v) is 7.37. The van der Waals surface area contributed by atoms with Crippen molar-refractivity contribution in [2.75, 3.05) is 48.5 Å². The van der Waals surface area contributed by atoms with Crippen LogP contribution in [0.25, 0.3) is 11.1 Å². The molecule has 7 rings (SSSR count). The average Bonchev–Trinajstić information content (AvgIpc) is 3.05. The number of aromatic hydroxyl groups is 2. The smallest absolute Gasteiger partial charge is 0.201 e. The van der Waals surface area contributed by atoms with Crippen molar-refractivity contribution in [3.63, 3.8) is 0 Å². The number of hydrogen-bond donors (Lipinski definition) is 2. The Morgan fingerprint density at radius 2 is 1.31 bits per heavy atom. The molecule has 2 atom stereocenters. The summed E-state index contributed by atoms with van der Waals surface area (Å²) in [6.07, 6.45) is 3.06. The van der Waals surface area contributed by atoms with E-state index in [0.717, 1.165) is 71.3 Å². The van der Waals surface area contributed by atoms with Gasteiger partial charge in [0.2, 0.25) is 5.75 Å². The molecular weight excluding hydrogens is 568 g/mol. The molecule has 4 aromatic carbocycles. The maximum atomic E-state index is 11.6. The standard InChI is InChI=1S/C37H40N2O6/c1-38-12-10-23-18-32(43-4)33-20-25(23)28(38)16-21-6-8-30(40)26(14-21)27-15-22(7-9-31(27)42-3)17-29-35-24(11-13-39(29)2)19-34(44-5)36(41)37(35)45-33/h6-9,14-15,18-20,28-29,40-41H,10-13,16-17H2,1-5H3/t28-,29+/m0/s1. The number of hydrogen-bond acceptors (Lipinski definition) is 8. The first-order valence-electron chi connectivity index (χ1n) is 15.5. The fourth-order valence-electron chi connectivity index (χ4n) is 7.37. The summed E-state index contributed by atoms with van der Waals surface area (Å²) in [5.41, 5.74) is 8.16. The molecule has 4 aromatic rings. The van der Waals surface area contributed by atoms with Crippen molar-refractivity contribution in [3.8, 4) is 51.4 Å². The first-order chi connectivity index (χ1) is 21.8. The first kappa shape index (κ1) is 29.3. The Hall–Kier alpha value is -4.40. The van der Waals surface area contributed by atoms with Gasteiger partial charge in [0.15, 0.2) is 23.0 Å². The van der Waals surface area contributed by atoms with Crippen molar-refractivity contribution in [1.29, 1.82) is 0 Å². The van der Waals surface area contributed by atoms with Crippen LogP contribution in [-0.2, 0) is 25.7 Å². The van der Waals surface area contributed by atoms with Crippen LogP contribution in [0.5, 0.6) is 40.2 Å². The van der Waals surface area contributed by atoms with E-state index in [0.29, 0.717) is 35.2 Å². The predicted octanol–water partition coefficient (Wildman–Crippen LogP) is 6.44. The summed E-state index contributed by atoms with van der Waals surface area (Å²) in [5, 5.41) is 22.8. The number of phenols is 2. The highest BCUT2D eigenvalue weighted by atomic mass is 16.5. The van der Waals surface area contributed by atoms with Gasteiger partial charge in [-0.25, -0.2) is 0 Å². The van der Waals surface area contributed by atoms with E-state index < -0.39 is 0 Å². The highest BCUT2D eigenvalue weighted by Gasteiger charge is 2.34. The molecule has 0 fully saturated rings. The van der Waals surface area contributed by atoms with Gasteiger partial charge in [0.25, 0.3) is 0 Å². The Morgan fingerprint density at radius 1 is 0.689 bits per heavy atom. The van der Waals surface area contributed by atoms with Crippen molar-refractivity contribution >= 4 is 0 Å². The van der Waals surface area contributed by atoms with E-state index in [-0.39, 0.29) is 23.6 Å². The van der Waals surface area contributed by atoms with Gasteiger partial charge in [-0.1, -0.05) is 12.1 Å². The van der Waals surface area contributed by atoms with Gasteiger partial charge >= 0.3 is 0 Å². The van der Waals surface area contributed by atoms with Crippen LogP contribution >= 0.6 is 0 Å². The zero-order valence-electron chi connectivity index (χ0n) is 26.5. The summed E-state index contributed by atoms with van der Waals surface area (Å²) in [6.45, 7) is 1.74. The van der Waals surface area contributed by atoms with E-state index in [4.69, 9.17) is 18.9 Å². The van der Waals surface area contributed by atoms with Crippen molar-refractivity contribution in [2.24, 2.45) is 0 Å². The number of phenolic OH excluding ortho intramolecular Hbond substituents is 2. The highest BCUT2D eigenvalue weighted by molar-refractivity contribution is 5.77.